The Morgan fingerprint density at radius 2 is 1.58 bits per heavy atom. The maximum atomic E-state index is 13.8. The van der Waals surface area contributed by atoms with E-state index < -0.39 is 5.97 Å². The largest absolute Gasteiger partial charge is 0.489 e. The van der Waals surface area contributed by atoms with Crippen LogP contribution in [0.1, 0.15) is 52.8 Å². The number of aromatic carboxylic acids is 1. The van der Waals surface area contributed by atoms with Gasteiger partial charge in [-0.1, -0.05) is 66.9 Å². The number of carbonyl (C=O) groups is 1. The molecule has 0 unspecified atom stereocenters. The van der Waals surface area contributed by atoms with Gasteiger partial charge in [0.15, 0.2) is 0 Å². The Morgan fingerprint density at radius 1 is 0.947 bits per heavy atom. The van der Waals surface area contributed by atoms with Gasteiger partial charge in [-0.05, 0) is 60.9 Å². The summed E-state index contributed by atoms with van der Waals surface area (Å²) in [5.74, 6) is 0.433. The minimum Gasteiger partial charge on any atom is -0.489 e. The Balaban J connectivity index is 1.59. The van der Waals surface area contributed by atoms with Gasteiger partial charge in [-0.2, -0.15) is 0 Å². The minimum absolute atomic E-state index is 0.177. The van der Waals surface area contributed by atoms with Gasteiger partial charge in [0.25, 0.3) is 5.56 Å². The summed E-state index contributed by atoms with van der Waals surface area (Å²) in [4.78, 5) is 29.6. The number of hydrogen-bond acceptors (Lipinski definition) is 4. The first kappa shape index (κ1) is 27.4. The van der Waals surface area contributed by atoms with Crippen molar-refractivity contribution < 1.29 is 14.6 Å². The molecule has 0 radical (unpaired) electrons. The molecule has 3 aromatic carbocycles. The lowest BCUT2D eigenvalue weighted by atomic mass is 10.0. The molecule has 0 aliphatic heterocycles. The van der Waals surface area contributed by atoms with Gasteiger partial charge in [0.1, 0.15) is 18.2 Å². The maximum absolute atomic E-state index is 13.8. The van der Waals surface area contributed by atoms with Crippen LogP contribution < -0.4 is 10.3 Å². The van der Waals surface area contributed by atoms with Crippen molar-refractivity contribution in [3.8, 4) is 16.9 Å². The predicted octanol–water partition coefficient (Wildman–Crippen LogP) is 7.19. The number of unbranched alkanes of at least 4 members (excludes halogenated alkanes) is 1. The molecule has 4 rings (SSSR count). The highest BCUT2D eigenvalue weighted by atomic mass is 35.5. The molecule has 4 aromatic rings. The van der Waals surface area contributed by atoms with E-state index in [9.17, 15) is 9.59 Å². The molecular formula is C30H28Cl2N2O4. The Morgan fingerprint density at radius 3 is 2.18 bits per heavy atom. The van der Waals surface area contributed by atoms with E-state index in [0.29, 0.717) is 52.2 Å². The zero-order valence-electron chi connectivity index (χ0n) is 21.2. The topological polar surface area (TPSA) is 81.4 Å². The summed E-state index contributed by atoms with van der Waals surface area (Å²) in [5, 5.41) is 9.85. The summed E-state index contributed by atoms with van der Waals surface area (Å²) in [6.07, 6.45) is 2.58. The monoisotopic (exact) mass is 550 g/mol. The first-order valence-corrected chi connectivity index (χ1v) is 13.1. The van der Waals surface area contributed by atoms with E-state index >= 15 is 0 Å². The number of hydrogen-bond donors (Lipinski definition) is 1. The smallest absolute Gasteiger partial charge is 0.335 e. The molecule has 0 saturated carbocycles. The normalized spacial score (nSPS) is 10.9. The van der Waals surface area contributed by atoms with Crippen molar-refractivity contribution in [3.05, 3.63) is 115 Å². The zero-order chi connectivity index (χ0) is 27.2. The summed E-state index contributed by atoms with van der Waals surface area (Å²) in [6.45, 7) is 4.57. The zero-order valence-corrected chi connectivity index (χ0v) is 22.7. The molecule has 1 N–H and O–H groups in total. The van der Waals surface area contributed by atoms with Crippen LogP contribution >= 0.6 is 23.2 Å². The van der Waals surface area contributed by atoms with Gasteiger partial charge in [-0.15, -0.1) is 0 Å². The van der Waals surface area contributed by atoms with E-state index in [4.69, 9.17) is 38.0 Å². The average molecular weight is 551 g/mol. The van der Waals surface area contributed by atoms with Crippen LogP contribution in [0.2, 0.25) is 10.0 Å². The van der Waals surface area contributed by atoms with Gasteiger partial charge in [0.05, 0.1) is 33.4 Å². The first-order chi connectivity index (χ1) is 18.3. The van der Waals surface area contributed by atoms with Crippen LogP contribution in [0.4, 0.5) is 0 Å². The molecule has 0 saturated heterocycles. The molecule has 38 heavy (non-hydrogen) atoms. The molecular weight excluding hydrogens is 523 g/mol. The third kappa shape index (κ3) is 6.26. The van der Waals surface area contributed by atoms with Gasteiger partial charge in [-0.25, -0.2) is 9.78 Å². The highest BCUT2D eigenvalue weighted by Gasteiger charge is 2.20. The molecule has 1 aromatic heterocycles. The second-order valence-corrected chi connectivity index (χ2v) is 9.83. The van der Waals surface area contributed by atoms with Crippen LogP contribution in [0.15, 0.2) is 71.5 Å². The fourth-order valence-corrected chi connectivity index (χ4v) is 4.80. The number of ether oxygens (including phenoxy) is 1. The van der Waals surface area contributed by atoms with Gasteiger partial charge >= 0.3 is 5.97 Å². The Hall–Kier alpha value is -3.61. The van der Waals surface area contributed by atoms with E-state index in [2.05, 4.69) is 6.92 Å². The van der Waals surface area contributed by atoms with Crippen LogP contribution in [0.5, 0.6) is 5.75 Å². The number of halogens is 2. The SMILES string of the molecule is CCCCc1nc(C)c(-c2c(Cl)cccc2Cl)c(=O)n1Cc1ccc(OCc2ccc(C(=O)O)cc2)cc1. The highest BCUT2D eigenvalue weighted by molar-refractivity contribution is 6.39. The van der Waals surface area contributed by atoms with Crippen molar-refractivity contribution >= 4 is 29.2 Å². The third-order valence-corrected chi connectivity index (χ3v) is 6.90. The minimum atomic E-state index is -0.962. The molecule has 196 valence electrons. The Bertz CT molecular complexity index is 1480. The maximum Gasteiger partial charge on any atom is 0.335 e. The summed E-state index contributed by atoms with van der Waals surface area (Å²) in [7, 11) is 0. The standard InChI is InChI=1S/C30H28Cl2N2O4/c1-3-4-8-26-33-19(2)27(28-24(31)6-5-7-25(28)32)29(35)34(26)17-20-11-15-23(16-12-20)38-18-21-9-13-22(14-10-21)30(36)37/h5-7,9-16H,3-4,8,17-18H2,1-2H3,(H,36,37). The summed E-state index contributed by atoms with van der Waals surface area (Å²) < 4.78 is 7.57. The van der Waals surface area contributed by atoms with Crippen molar-refractivity contribution in [2.24, 2.45) is 0 Å². The fourth-order valence-electron chi connectivity index (χ4n) is 4.21. The molecule has 8 heteroatoms. The van der Waals surface area contributed by atoms with Crippen molar-refractivity contribution in [3.63, 3.8) is 0 Å². The lowest BCUT2D eigenvalue weighted by molar-refractivity contribution is 0.0697. The van der Waals surface area contributed by atoms with E-state index in [1.165, 1.54) is 0 Å². The Labute approximate surface area is 231 Å². The van der Waals surface area contributed by atoms with Gasteiger partial charge < -0.3 is 9.84 Å². The average Bonchev–Trinajstić information content (AvgIpc) is 2.90. The van der Waals surface area contributed by atoms with Crippen LogP contribution in [-0.4, -0.2) is 20.6 Å². The van der Waals surface area contributed by atoms with Gasteiger partial charge in [-0.3, -0.25) is 9.36 Å². The van der Waals surface area contributed by atoms with Crippen LogP contribution in [0, 0.1) is 6.92 Å². The van der Waals surface area contributed by atoms with Gasteiger partial charge in [0.2, 0.25) is 0 Å². The van der Waals surface area contributed by atoms with Crippen molar-refractivity contribution in [1.82, 2.24) is 9.55 Å². The molecule has 0 atom stereocenters. The summed E-state index contributed by atoms with van der Waals surface area (Å²) >= 11 is 12.9. The van der Waals surface area contributed by atoms with E-state index in [0.717, 1.165) is 29.8 Å². The molecule has 0 aliphatic rings. The van der Waals surface area contributed by atoms with Crippen molar-refractivity contribution in [2.45, 2.75) is 46.3 Å². The molecule has 0 aliphatic carbocycles. The summed E-state index contributed by atoms with van der Waals surface area (Å²) in [6, 6.07) is 19.3. The molecule has 0 spiro atoms. The first-order valence-electron chi connectivity index (χ1n) is 12.4. The van der Waals surface area contributed by atoms with E-state index in [-0.39, 0.29) is 11.1 Å². The fraction of sp³-hybridized carbons (Fsp3) is 0.233. The lowest BCUT2D eigenvalue weighted by Crippen LogP contribution is -2.28. The second kappa shape index (κ2) is 12.3. The number of carboxylic acids is 1. The van der Waals surface area contributed by atoms with Crippen LogP contribution in [0.3, 0.4) is 0 Å². The number of rotatable bonds is 10. The number of nitrogens with zero attached hydrogens (tertiary/aromatic N) is 2. The second-order valence-electron chi connectivity index (χ2n) is 9.01. The third-order valence-electron chi connectivity index (χ3n) is 6.27. The molecule has 0 amide bonds. The quantitative estimate of drug-likeness (QED) is 0.226. The molecule has 1 heterocycles. The lowest BCUT2D eigenvalue weighted by Gasteiger charge is -2.17. The number of aromatic nitrogens is 2. The molecule has 6 nitrogen and oxygen atoms in total. The highest BCUT2D eigenvalue weighted by Crippen LogP contribution is 2.34. The molecule has 0 bridgehead atoms. The number of benzene rings is 3. The van der Waals surface area contributed by atoms with E-state index in [1.807, 2.05) is 31.2 Å². The predicted molar refractivity (Wildman–Crippen MR) is 151 cm³/mol. The van der Waals surface area contributed by atoms with Gasteiger partial charge in [0, 0.05) is 12.0 Å². The Kier molecular flexibility index (Phi) is 8.87. The van der Waals surface area contributed by atoms with Crippen molar-refractivity contribution in [1.29, 1.82) is 0 Å². The van der Waals surface area contributed by atoms with Crippen LogP contribution in [-0.2, 0) is 19.6 Å². The summed E-state index contributed by atoms with van der Waals surface area (Å²) in [5.41, 5.74) is 3.36. The number of carboxylic acid groups (broad SMARTS) is 1. The number of aryl methyl sites for hydroxylation is 2. The van der Waals surface area contributed by atoms with Crippen molar-refractivity contribution in [2.75, 3.05) is 0 Å². The molecule has 0 fully saturated rings. The van der Waals surface area contributed by atoms with E-state index in [1.54, 1.807) is 47.0 Å². The van der Waals surface area contributed by atoms with Crippen LogP contribution in [0.25, 0.3) is 11.1 Å².